The fourth-order valence-electron chi connectivity index (χ4n) is 2.97. The van der Waals surface area contributed by atoms with Crippen LogP contribution in [0.25, 0.3) is 6.08 Å². The minimum Gasteiger partial charge on any atom is -0.497 e. The second-order valence-electron chi connectivity index (χ2n) is 6.55. The number of anilines is 1. The molecule has 3 aromatic rings. The van der Waals surface area contributed by atoms with Gasteiger partial charge in [-0.1, -0.05) is 36.4 Å². The largest absolute Gasteiger partial charge is 0.497 e. The lowest BCUT2D eigenvalue weighted by Gasteiger charge is -2.12. The molecule has 0 spiro atoms. The first-order valence-corrected chi connectivity index (χ1v) is 9.54. The van der Waals surface area contributed by atoms with E-state index in [1.807, 2.05) is 6.07 Å². The highest BCUT2D eigenvalue weighted by Gasteiger charge is 2.21. The number of Topliss-reactive ketones (excluding diaryl/α,β-unsaturated/α-hetero) is 1. The first-order chi connectivity index (χ1) is 15.0. The van der Waals surface area contributed by atoms with E-state index in [0.29, 0.717) is 34.1 Å². The Morgan fingerprint density at radius 2 is 1.48 bits per heavy atom. The Kier molecular flexibility index (Phi) is 7.06. The van der Waals surface area contributed by atoms with Crippen molar-refractivity contribution in [3.63, 3.8) is 0 Å². The maximum Gasteiger partial charge on any atom is 0.259 e. The Balaban J connectivity index is 2.03. The molecule has 0 fully saturated rings. The number of hydrogen-bond acceptors (Lipinski definition) is 5. The molecule has 0 saturated heterocycles. The topological polar surface area (TPSA) is 73.9 Å². The third-order valence-corrected chi connectivity index (χ3v) is 4.59. The van der Waals surface area contributed by atoms with E-state index in [1.165, 1.54) is 13.2 Å². The van der Waals surface area contributed by atoms with Crippen molar-refractivity contribution in [3.05, 3.63) is 89.5 Å². The summed E-state index contributed by atoms with van der Waals surface area (Å²) in [6.45, 7) is 0. The van der Waals surface area contributed by atoms with E-state index in [1.54, 1.807) is 80.9 Å². The van der Waals surface area contributed by atoms with Crippen LogP contribution in [0.1, 0.15) is 15.9 Å². The van der Waals surface area contributed by atoms with Crippen molar-refractivity contribution in [1.82, 2.24) is 0 Å². The molecular formula is C25H23NO5. The highest BCUT2D eigenvalue weighted by molar-refractivity contribution is 6.31. The third-order valence-electron chi connectivity index (χ3n) is 4.59. The first-order valence-electron chi connectivity index (χ1n) is 9.54. The molecule has 3 rings (SSSR count). The molecule has 1 amide bonds. The van der Waals surface area contributed by atoms with E-state index < -0.39 is 11.7 Å². The highest BCUT2D eigenvalue weighted by Crippen LogP contribution is 2.28. The molecule has 0 atom stereocenters. The lowest BCUT2D eigenvalue weighted by molar-refractivity contribution is -0.112. The van der Waals surface area contributed by atoms with Gasteiger partial charge in [0.2, 0.25) is 0 Å². The number of hydrogen-bond donors (Lipinski definition) is 1. The molecule has 6 heteroatoms. The normalized spacial score (nSPS) is 10.9. The molecule has 0 unspecified atom stereocenters. The van der Waals surface area contributed by atoms with Gasteiger partial charge in [-0.2, -0.15) is 0 Å². The Morgan fingerprint density at radius 1 is 0.774 bits per heavy atom. The van der Waals surface area contributed by atoms with Crippen LogP contribution in [0.5, 0.6) is 17.2 Å². The van der Waals surface area contributed by atoms with Crippen molar-refractivity contribution in [2.45, 2.75) is 0 Å². The molecule has 0 radical (unpaired) electrons. The van der Waals surface area contributed by atoms with Gasteiger partial charge in [0.25, 0.3) is 5.91 Å². The van der Waals surface area contributed by atoms with Crippen LogP contribution in [0.3, 0.4) is 0 Å². The van der Waals surface area contributed by atoms with Crippen molar-refractivity contribution < 1.29 is 23.8 Å². The van der Waals surface area contributed by atoms with Crippen LogP contribution in [-0.2, 0) is 4.79 Å². The second kappa shape index (κ2) is 10.1. The molecule has 3 aromatic carbocycles. The van der Waals surface area contributed by atoms with Crippen LogP contribution >= 0.6 is 0 Å². The average Bonchev–Trinajstić information content (AvgIpc) is 2.82. The van der Waals surface area contributed by atoms with Gasteiger partial charge in [0.15, 0.2) is 5.78 Å². The minimum absolute atomic E-state index is 0.0301. The second-order valence-corrected chi connectivity index (χ2v) is 6.55. The van der Waals surface area contributed by atoms with Crippen LogP contribution in [0.15, 0.2) is 78.4 Å². The quantitative estimate of drug-likeness (QED) is 0.251. The van der Waals surface area contributed by atoms with Crippen LogP contribution in [0.2, 0.25) is 0 Å². The highest BCUT2D eigenvalue weighted by atomic mass is 16.5. The molecule has 0 bridgehead atoms. The van der Waals surface area contributed by atoms with E-state index in [2.05, 4.69) is 5.32 Å². The maximum absolute atomic E-state index is 13.2. The number of ether oxygens (including phenoxy) is 3. The van der Waals surface area contributed by atoms with Crippen molar-refractivity contribution in [1.29, 1.82) is 0 Å². The number of carbonyl (C=O) groups is 2. The predicted octanol–water partition coefficient (Wildman–Crippen LogP) is 4.62. The number of benzene rings is 3. The number of carbonyl (C=O) groups excluding carboxylic acids is 2. The summed E-state index contributed by atoms with van der Waals surface area (Å²) in [6.07, 6.45) is 1.52. The van der Waals surface area contributed by atoms with E-state index in [4.69, 9.17) is 14.2 Å². The van der Waals surface area contributed by atoms with Gasteiger partial charge in [0.05, 0.1) is 26.9 Å². The smallest absolute Gasteiger partial charge is 0.259 e. The molecule has 0 saturated carbocycles. The van der Waals surface area contributed by atoms with E-state index in [0.717, 1.165) is 0 Å². The molecular weight excluding hydrogens is 394 g/mol. The summed E-state index contributed by atoms with van der Waals surface area (Å²) >= 11 is 0. The third kappa shape index (κ3) is 5.30. The molecule has 0 aliphatic heterocycles. The van der Waals surface area contributed by atoms with Gasteiger partial charge in [-0.05, 0) is 30.3 Å². The number of methoxy groups -OCH3 is 3. The molecule has 6 nitrogen and oxygen atoms in total. The Labute approximate surface area is 181 Å². The summed E-state index contributed by atoms with van der Waals surface area (Å²) in [5, 5.41) is 2.77. The SMILES string of the molecule is COc1cccc(NC(=O)/C(=C/c2ccc(OC)cc2OC)C(=O)c2ccccc2)c1. The average molecular weight is 417 g/mol. The fourth-order valence-corrected chi connectivity index (χ4v) is 2.97. The number of amides is 1. The molecule has 1 N–H and O–H groups in total. The van der Waals surface area contributed by atoms with E-state index >= 15 is 0 Å². The zero-order valence-corrected chi connectivity index (χ0v) is 17.5. The molecule has 31 heavy (non-hydrogen) atoms. The summed E-state index contributed by atoms with van der Waals surface area (Å²) in [4.78, 5) is 26.4. The van der Waals surface area contributed by atoms with Crippen LogP contribution < -0.4 is 19.5 Å². The van der Waals surface area contributed by atoms with Crippen LogP contribution in [-0.4, -0.2) is 33.0 Å². The van der Waals surface area contributed by atoms with Gasteiger partial charge >= 0.3 is 0 Å². The lowest BCUT2D eigenvalue weighted by Crippen LogP contribution is -2.20. The molecule has 0 aliphatic carbocycles. The van der Waals surface area contributed by atoms with Gasteiger partial charge < -0.3 is 19.5 Å². The van der Waals surface area contributed by atoms with E-state index in [-0.39, 0.29) is 5.57 Å². The lowest BCUT2D eigenvalue weighted by atomic mass is 9.99. The van der Waals surface area contributed by atoms with Gasteiger partial charge in [-0.15, -0.1) is 0 Å². The summed E-state index contributed by atoms with van der Waals surface area (Å²) in [7, 11) is 4.61. The molecule has 0 heterocycles. The zero-order chi connectivity index (χ0) is 22.2. The van der Waals surface area contributed by atoms with Gasteiger partial charge in [-0.25, -0.2) is 0 Å². The van der Waals surface area contributed by atoms with Crippen molar-refractivity contribution in [3.8, 4) is 17.2 Å². The summed E-state index contributed by atoms with van der Waals surface area (Å²) in [5.41, 5.74) is 1.46. The van der Waals surface area contributed by atoms with Gasteiger partial charge in [0, 0.05) is 28.9 Å². The monoisotopic (exact) mass is 417 g/mol. The standard InChI is InChI=1S/C25H23NO5/c1-29-20-11-7-10-19(15-20)26-25(28)22(24(27)17-8-5-4-6-9-17)14-18-12-13-21(30-2)16-23(18)31-3/h4-16H,1-3H3,(H,26,28)/b22-14+. The minimum atomic E-state index is -0.542. The fraction of sp³-hybridized carbons (Fsp3) is 0.120. The molecule has 0 aliphatic rings. The predicted molar refractivity (Wildman–Crippen MR) is 120 cm³/mol. The molecule has 0 aromatic heterocycles. The maximum atomic E-state index is 13.2. The summed E-state index contributed by atoms with van der Waals surface area (Å²) in [6, 6.07) is 20.7. The Morgan fingerprint density at radius 3 is 2.16 bits per heavy atom. The van der Waals surface area contributed by atoms with Gasteiger partial charge in [-0.3, -0.25) is 9.59 Å². The number of nitrogens with one attached hydrogen (secondary N) is 1. The molecule has 158 valence electrons. The first kappa shape index (κ1) is 21.6. The van der Waals surface area contributed by atoms with Crippen molar-refractivity contribution >= 4 is 23.5 Å². The number of ketones is 1. The summed E-state index contributed by atoms with van der Waals surface area (Å²) < 4.78 is 15.8. The van der Waals surface area contributed by atoms with Crippen LogP contribution in [0, 0.1) is 0 Å². The Hall–Kier alpha value is -4.06. The zero-order valence-electron chi connectivity index (χ0n) is 17.5. The summed E-state index contributed by atoms with van der Waals surface area (Å²) in [5.74, 6) is 0.728. The Bertz CT molecular complexity index is 1110. The van der Waals surface area contributed by atoms with Crippen molar-refractivity contribution in [2.75, 3.05) is 26.6 Å². The van der Waals surface area contributed by atoms with Crippen LogP contribution in [0.4, 0.5) is 5.69 Å². The van der Waals surface area contributed by atoms with E-state index in [9.17, 15) is 9.59 Å². The van der Waals surface area contributed by atoms with Crippen molar-refractivity contribution in [2.24, 2.45) is 0 Å². The van der Waals surface area contributed by atoms with Gasteiger partial charge in [0.1, 0.15) is 17.2 Å². The number of rotatable bonds is 8.